The molecule has 0 bridgehead atoms. The number of hydrogen-bond acceptors (Lipinski definition) is 4. The van der Waals surface area contributed by atoms with Gasteiger partial charge in [0.2, 0.25) is 0 Å². The third-order valence-electron chi connectivity index (χ3n) is 4.81. The average Bonchev–Trinajstić information content (AvgIpc) is 3.27. The lowest BCUT2D eigenvalue weighted by molar-refractivity contribution is 0.102. The summed E-state index contributed by atoms with van der Waals surface area (Å²) in [5.41, 5.74) is 4.86. The van der Waals surface area contributed by atoms with Crippen LogP contribution in [-0.4, -0.2) is 17.5 Å². The van der Waals surface area contributed by atoms with Gasteiger partial charge in [0, 0.05) is 16.5 Å². The molecule has 0 saturated heterocycles. The predicted molar refractivity (Wildman–Crippen MR) is 127 cm³/mol. The van der Waals surface area contributed by atoms with Gasteiger partial charge in [-0.1, -0.05) is 49.4 Å². The highest BCUT2D eigenvalue weighted by atomic mass is 32.1. The zero-order valence-corrected chi connectivity index (χ0v) is 18.2. The van der Waals surface area contributed by atoms with Gasteiger partial charge in [-0.2, -0.15) is 0 Å². The van der Waals surface area contributed by atoms with Crippen LogP contribution in [0.4, 0.5) is 5.13 Å². The van der Waals surface area contributed by atoms with Gasteiger partial charge in [-0.3, -0.25) is 10.1 Å². The van der Waals surface area contributed by atoms with Crippen LogP contribution in [0.25, 0.3) is 11.3 Å². The van der Waals surface area contributed by atoms with Gasteiger partial charge in [0.25, 0.3) is 5.91 Å². The Kier molecular flexibility index (Phi) is 6.75. The average molecular weight is 429 g/mol. The van der Waals surface area contributed by atoms with Crippen LogP contribution >= 0.6 is 11.3 Å². The Hall–Kier alpha value is -3.44. The van der Waals surface area contributed by atoms with Crippen molar-refractivity contribution in [3.63, 3.8) is 0 Å². The molecule has 0 aliphatic heterocycles. The van der Waals surface area contributed by atoms with Crippen LogP contribution in [0.15, 0.2) is 84.2 Å². The number of nitrogens with zero attached hydrogens (tertiary/aromatic N) is 1. The molecule has 156 valence electrons. The van der Waals surface area contributed by atoms with Crippen molar-refractivity contribution >= 4 is 22.4 Å². The lowest BCUT2D eigenvalue weighted by atomic mass is 10.0. The second-order valence-corrected chi connectivity index (χ2v) is 8.08. The number of thiazole rings is 1. The summed E-state index contributed by atoms with van der Waals surface area (Å²) >= 11 is 1.42. The molecular formula is C26H24N2O2S. The fourth-order valence-corrected chi connectivity index (χ4v) is 3.90. The van der Waals surface area contributed by atoms with Crippen LogP contribution in [0, 0.1) is 0 Å². The summed E-state index contributed by atoms with van der Waals surface area (Å²) in [6.45, 7) is 2.79. The maximum atomic E-state index is 12.6. The topological polar surface area (TPSA) is 51.2 Å². The van der Waals surface area contributed by atoms with Crippen molar-refractivity contribution < 1.29 is 9.53 Å². The predicted octanol–water partition coefficient (Wildman–Crippen LogP) is 6.44. The smallest absolute Gasteiger partial charge is 0.257 e. The van der Waals surface area contributed by atoms with Gasteiger partial charge >= 0.3 is 0 Å². The molecule has 4 rings (SSSR count). The molecule has 31 heavy (non-hydrogen) atoms. The first-order valence-electron chi connectivity index (χ1n) is 10.3. The molecule has 0 radical (unpaired) electrons. The van der Waals surface area contributed by atoms with Crippen molar-refractivity contribution in [3.05, 3.63) is 101 Å². The molecule has 0 spiro atoms. The number of hydrogen-bond donors (Lipinski definition) is 1. The minimum atomic E-state index is -0.157. The monoisotopic (exact) mass is 428 g/mol. The van der Waals surface area contributed by atoms with E-state index in [1.54, 1.807) is 0 Å². The molecule has 0 atom stereocenters. The number of nitrogens with one attached hydrogen (secondary N) is 1. The van der Waals surface area contributed by atoms with E-state index < -0.39 is 0 Å². The van der Waals surface area contributed by atoms with E-state index in [2.05, 4.69) is 29.4 Å². The van der Waals surface area contributed by atoms with Gasteiger partial charge in [0.15, 0.2) is 5.13 Å². The second-order valence-electron chi connectivity index (χ2n) is 7.22. The first-order chi connectivity index (χ1) is 15.2. The van der Waals surface area contributed by atoms with Crippen molar-refractivity contribution in [2.24, 2.45) is 0 Å². The minimum Gasteiger partial charge on any atom is -0.494 e. The van der Waals surface area contributed by atoms with Crippen LogP contribution in [-0.2, 0) is 6.42 Å². The number of rotatable bonds is 8. The Labute approximate surface area is 186 Å². The van der Waals surface area contributed by atoms with Gasteiger partial charge < -0.3 is 4.74 Å². The number of carbonyl (C=O) groups excluding carboxylic acids is 1. The van der Waals surface area contributed by atoms with Crippen LogP contribution in [0.1, 0.15) is 34.8 Å². The molecule has 1 aromatic heterocycles. The largest absolute Gasteiger partial charge is 0.494 e. The number of aromatic nitrogens is 1. The zero-order valence-electron chi connectivity index (χ0n) is 17.4. The van der Waals surface area contributed by atoms with Crippen LogP contribution in [0.3, 0.4) is 0 Å². The van der Waals surface area contributed by atoms with Gasteiger partial charge in [-0.15, -0.1) is 11.3 Å². The van der Waals surface area contributed by atoms with Crippen molar-refractivity contribution in [2.75, 3.05) is 11.9 Å². The summed E-state index contributed by atoms with van der Waals surface area (Å²) in [5.74, 6) is 0.695. The number of carbonyl (C=O) groups is 1. The van der Waals surface area contributed by atoms with Gasteiger partial charge in [-0.05, 0) is 60.4 Å². The van der Waals surface area contributed by atoms with E-state index >= 15 is 0 Å². The molecule has 1 N–H and O–H groups in total. The number of benzene rings is 3. The van der Waals surface area contributed by atoms with E-state index in [1.165, 1.54) is 22.5 Å². The summed E-state index contributed by atoms with van der Waals surface area (Å²) in [6.07, 6.45) is 1.83. The van der Waals surface area contributed by atoms with Crippen molar-refractivity contribution in [3.8, 4) is 17.0 Å². The minimum absolute atomic E-state index is 0.157. The summed E-state index contributed by atoms with van der Waals surface area (Å²) < 4.78 is 5.62. The summed E-state index contributed by atoms with van der Waals surface area (Å²) in [4.78, 5) is 17.2. The molecule has 0 unspecified atom stereocenters. The van der Waals surface area contributed by atoms with Gasteiger partial charge in [-0.25, -0.2) is 4.98 Å². The van der Waals surface area contributed by atoms with E-state index in [9.17, 15) is 4.79 Å². The molecule has 1 heterocycles. The third kappa shape index (κ3) is 5.58. The molecule has 1 amide bonds. The summed E-state index contributed by atoms with van der Waals surface area (Å²) in [7, 11) is 0. The van der Waals surface area contributed by atoms with Crippen molar-refractivity contribution in [1.82, 2.24) is 4.98 Å². The van der Waals surface area contributed by atoms with E-state index in [0.717, 1.165) is 29.8 Å². The standard InChI is InChI=1S/C26H24N2O2S/c1-2-16-30-23-14-12-21(13-15-23)24-18-31-26(27-24)28-25(29)22-10-8-20(9-11-22)17-19-6-4-3-5-7-19/h3-15,18H,2,16-17H2,1H3,(H,27,28,29). The highest BCUT2D eigenvalue weighted by molar-refractivity contribution is 7.14. The Morgan fingerprint density at radius 2 is 1.65 bits per heavy atom. The number of amides is 1. The fourth-order valence-electron chi connectivity index (χ4n) is 3.18. The number of anilines is 1. The first-order valence-corrected chi connectivity index (χ1v) is 11.2. The Morgan fingerprint density at radius 1 is 0.935 bits per heavy atom. The molecule has 4 nitrogen and oxygen atoms in total. The highest BCUT2D eigenvalue weighted by Crippen LogP contribution is 2.27. The van der Waals surface area contributed by atoms with Gasteiger partial charge in [0.05, 0.1) is 12.3 Å². The molecule has 0 saturated carbocycles. The van der Waals surface area contributed by atoms with E-state index in [0.29, 0.717) is 17.3 Å². The molecule has 5 heteroatoms. The van der Waals surface area contributed by atoms with Crippen LogP contribution in [0.5, 0.6) is 5.75 Å². The van der Waals surface area contributed by atoms with Crippen molar-refractivity contribution in [2.45, 2.75) is 19.8 Å². The SMILES string of the molecule is CCCOc1ccc(-c2csc(NC(=O)c3ccc(Cc4ccccc4)cc3)n2)cc1. The van der Waals surface area contributed by atoms with E-state index in [4.69, 9.17) is 4.74 Å². The maximum Gasteiger partial charge on any atom is 0.257 e. The quantitative estimate of drug-likeness (QED) is 0.351. The lowest BCUT2D eigenvalue weighted by Gasteiger charge is -2.05. The highest BCUT2D eigenvalue weighted by Gasteiger charge is 2.10. The van der Waals surface area contributed by atoms with Gasteiger partial charge in [0.1, 0.15) is 5.75 Å². The lowest BCUT2D eigenvalue weighted by Crippen LogP contribution is -2.11. The first kappa shape index (κ1) is 20.8. The molecule has 0 aliphatic carbocycles. The van der Waals surface area contributed by atoms with Crippen LogP contribution in [0.2, 0.25) is 0 Å². The Bertz CT molecular complexity index is 1120. The molecule has 0 fully saturated rings. The molecule has 0 aliphatic rings. The third-order valence-corrected chi connectivity index (χ3v) is 5.57. The molecule has 3 aromatic carbocycles. The zero-order chi connectivity index (χ0) is 21.5. The number of ether oxygens (including phenoxy) is 1. The Morgan fingerprint density at radius 3 is 2.35 bits per heavy atom. The summed E-state index contributed by atoms with van der Waals surface area (Å²) in [6, 6.07) is 25.9. The van der Waals surface area contributed by atoms with Crippen molar-refractivity contribution in [1.29, 1.82) is 0 Å². The van der Waals surface area contributed by atoms with E-state index in [1.807, 2.05) is 72.1 Å². The van der Waals surface area contributed by atoms with E-state index in [-0.39, 0.29) is 5.91 Å². The summed E-state index contributed by atoms with van der Waals surface area (Å²) in [5, 5.41) is 5.43. The molecular weight excluding hydrogens is 404 g/mol. The second kappa shape index (κ2) is 10.0. The van der Waals surface area contributed by atoms with Crippen LogP contribution < -0.4 is 10.1 Å². The Balaban J connectivity index is 1.37. The molecule has 4 aromatic rings. The normalized spacial score (nSPS) is 10.6. The fraction of sp³-hybridized carbons (Fsp3) is 0.154. The maximum absolute atomic E-state index is 12.6.